The van der Waals surface area contributed by atoms with Crippen LogP contribution >= 0.6 is 0 Å². The molecule has 7 aromatic carbocycles. The summed E-state index contributed by atoms with van der Waals surface area (Å²) in [4.78, 5) is 8.82. The van der Waals surface area contributed by atoms with Crippen LogP contribution in [0.3, 0.4) is 0 Å². The van der Waals surface area contributed by atoms with Gasteiger partial charge in [-0.15, -0.1) is 48.1 Å². The second-order valence-electron chi connectivity index (χ2n) is 13.1. The number of rotatable bonds is 7. The van der Waals surface area contributed by atoms with Crippen LogP contribution in [0.4, 0.5) is 22.7 Å². The number of nitrogens with zero attached hydrogens (tertiary/aromatic N) is 4. The summed E-state index contributed by atoms with van der Waals surface area (Å²) in [5.41, 5.74) is 10.3. The molecule has 0 saturated carbocycles. The van der Waals surface area contributed by atoms with Gasteiger partial charge in [0.15, 0.2) is 0 Å². The summed E-state index contributed by atoms with van der Waals surface area (Å²) in [7, 11) is 0. The normalized spacial score (nSPS) is 12.9. The first-order chi connectivity index (χ1) is 27.9. The van der Waals surface area contributed by atoms with E-state index in [1.165, 1.54) is 0 Å². The molecule has 1 aliphatic heterocycles. The molecule has 9 aromatic rings. The van der Waals surface area contributed by atoms with Crippen LogP contribution in [0.2, 0.25) is 0 Å². The molecule has 6 heteroatoms. The number of para-hydroxylation sites is 4. The summed E-state index contributed by atoms with van der Waals surface area (Å²) in [5.74, 6) is 1.24. The van der Waals surface area contributed by atoms with E-state index in [2.05, 4.69) is 119 Å². The van der Waals surface area contributed by atoms with Crippen molar-refractivity contribution in [1.29, 1.82) is 0 Å². The Morgan fingerprint density at radius 3 is 2.00 bits per heavy atom. The van der Waals surface area contributed by atoms with Crippen molar-refractivity contribution in [2.75, 3.05) is 9.80 Å². The van der Waals surface area contributed by atoms with Crippen molar-refractivity contribution in [2.45, 2.75) is 6.92 Å². The van der Waals surface area contributed by atoms with Crippen molar-refractivity contribution in [3.05, 3.63) is 200 Å². The van der Waals surface area contributed by atoms with Crippen molar-refractivity contribution < 1.29 is 29.9 Å². The summed E-state index contributed by atoms with van der Waals surface area (Å²) in [6, 6.07) is 60.5. The SMILES string of the molecule is [2H]c1nc(-n2c3[c-]c(Oc4[c-]c(N5[CH-]N(c6c(-c7ccccc7)cccc6-c6ccccc6)c6ccccc65)ccc4)ccc3c3ccccc32)c([2H])c(C)c1[2H].[Pt]. The number of fused-ring (bicyclic) bond motifs is 4. The maximum Gasteiger partial charge on any atom is 0.135 e. The Morgan fingerprint density at radius 1 is 0.618 bits per heavy atom. The van der Waals surface area contributed by atoms with Gasteiger partial charge in [-0.3, -0.25) is 0 Å². The van der Waals surface area contributed by atoms with Crippen LogP contribution in [0, 0.1) is 25.7 Å². The van der Waals surface area contributed by atoms with Gasteiger partial charge in [-0.05, 0) is 59.3 Å². The van der Waals surface area contributed by atoms with E-state index in [1.807, 2.05) is 77.4 Å². The van der Waals surface area contributed by atoms with E-state index in [0.717, 1.165) is 61.3 Å². The molecule has 0 atom stereocenters. The van der Waals surface area contributed by atoms with E-state index in [9.17, 15) is 0 Å². The number of hydrogen-bond acceptors (Lipinski definition) is 4. The Morgan fingerprint density at radius 2 is 1.25 bits per heavy atom. The molecule has 0 unspecified atom stereocenters. The largest absolute Gasteiger partial charge is 0.509 e. The minimum atomic E-state index is -0.179. The van der Waals surface area contributed by atoms with Gasteiger partial charge in [-0.1, -0.05) is 115 Å². The zero-order valence-electron chi connectivity index (χ0n) is 32.6. The van der Waals surface area contributed by atoms with Gasteiger partial charge in [0.1, 0.15) is 5.82 Å². The number of benzene rings is 7. The average Bonchev–Trinajstić information content (AvgIpc) is 3.80. The molecule has 0 amide bonds. The fraction of sp³-hybridized carbons (Fsp3) is 0.0204. The maximum absolute atomic E-state index is 8.88. The molecular weight excluding hydrogens is 856 g/mol. The average molecular weight is 892 g/mol. The molecular formula is C49H33N4OPt-3. The molecule has 5 nitrogen and oxygen atoms in total. The molecule has 0 radical (unpaired) electrons. The molecule has 268 valence electrons. The van der Waals surface area contributed by atoms with Crippen molar-refractivity contribution in [1.82, 2.24) is 9.55 Å². The Labute approximate surface area is 339 Å². The van der Waals surface area contributed by atoms with E-state index in [1.54, 1.807) is 6.92 Å². The van der Waals surface area contributed by atoms with Crippen molar-refractivity contribution >= 4 is 44.6 Å². The number of aromatic nitrogens is 2. The van der Waals surface area contributed by atoms with E-state index in [-0.39, 0.29) is 45.1 Å². The monoisotopic (exact) mass is 891 g/mol. The van der Waals surface area contributed by atoms with Crippen molar-refractivity contribution in [2.24, 2.45) is 0 Å². The Hall–Kier alpha value is -6.42. The molecule has 1 aliphatic rings. The van der Waals surface area contributed by atoms with Crippen LogP contribution in [-0.4, -0.2) is 9.55 Å². The molecule has 0 bridgehead atoms. The maximum atomic E-state index is 8.88. The van der Waals surface area contributed by atoms with Crippen LogP contribution in [0.1, 0.15) is 9.68 Å². The van der Waals surface area contributed by atoms with Gasteiger partial charge in [0, 0.05) is 72.4 Å². The number of ether oxygens (including phenoxy) is 1. The predicted molar refractivity (Wildman–Crippen MR) is 220 cm³/mol. The second kappa shape index (κ2) is 14.4. The fourth-order valence-corrected chi connectivity index (χ4v) is 7.39. The van der Waals surface area contributed by atoms with Gasteiger partial charge in [-0.2, -0.15) is 12.1 Å². The summed E-state index contributed by atoms with van der Waals surface area (Å²) in [6.07, 6.45) is -0.179. The third kappa shape index (κ3) is 6.17. The van der Waals surface area contributed by atoms with E-state index in [4.69, 9.17) is 8.85 Å². The van der Waals surface area contributed by atoms with Crippen LogP contribution in [0.25, 0.3) is 49.9 Å². The standard InChI is InChI=1S/C49H33N4O.Pt/c1-34-28-29-50-48(30-34)53-44-23-9-8-20-42(44)43-27-26-39(32-47(43)53)54-38-19-12-18-37(31-38)51-33-52(46-25-11-10-24-45(46)51)49-40(35-14-4-2-5-15-35)21-13-22-41(49)36-16-6-3-7-17-36;/h2-30,33H,1H3;/q-3;/i28D,29D,30D;. The molecule has 0 aliphatic carbocycles. The molecule has 2 aromatic heterocycles. The molecule has 0 saturated heterocycles. The first kappa shape index (κ1) is 31.0. The van der Waals surface area contributed by atoms with Gasteiger partial charge in [0.2, 0.25) is 0 Å². The molecule has 0 fully saturated rings. The summed E-state index contributed by atoms with van der Waals surface area (Å²) in [6.45, 7) is 3.81. The van der Waals surface area contributed by atoms with Crippen molar-refractivity contribution in [3.63, 3.8) is 0 Å². The smallest absolute Gasteiger partial charge is 0.135 e. The summed E-state index contributed by atoms with van der Waals surface area (Å²) >= 11 is 0. The number of pyridine rings is 1. The van der Waals surface area contributed by atoms with Crippen molar-refractivity contribution in [3.8, 4) is 39.6 Å². The minimum absolute atomic E-state index is 0. The third-order valence-corrected chi connectivity index (χ3v) is 9.78. The zero-order chi connectivity index (χ0) is 38.6. The van der Waals surface area contributed by atoms with E-state index in [0.29, 0.717) is 22.6 Å². The molecule has 0 N–H and O–H groups in total. The number of anilines is 4. The summed E-state index contributed by atoms with van der Waals surface area (Å²) in [5, 5.41) is 1.87. The quantitative estimate of drug-likeness (QED) is 0.149. The molecule has 10 rings (SSSR count). The Balaban J connectivity index is 0.00000436. The van der Waals surface area contributed by atoms with Crippen LogP contribution < -0.4 is 14.5 Å². The first-order valence-corrected chi connectivity index (χ1v) is 17.8. The van der Waals surface area contributed by atoms with E-state index < -0.39 is 0 Å². The van der Waals surface area contributed by atoms with Gasteiger partial charge in [0.25, 0.3) is 0 Å². The zero-order valence-corrected chi connectivity index (χ0v) is 31.9. The first-order valence-electron chi connectivity index (χ1n) is 19.3. The molecule has 3 heterocycles. The minimum Gasteiger partial charge on any atom is -0.509 e. The van der Waals surface area contributed by atoms with Crippen LogP contribution in [0.5, 0.6) is 11.5 Å². The molecule has 0 spiro atoms. The van der Waals surface area contributed by atoms with Gasteiger partial charge in [0.05, 0.1) is 4.11 Å². The fourth-order valence-electron chi connectivity index (χ4n) is 7.39. The Bertz CT molecular complexity index is 2930. The second-order valence-corrected chi connectivity index (χ2v) is 13.1. The van der Waals surface area contributed by atoms with Gasteiger partial charge >= 0.3 is 0 Å². The third-order valence-electron chi connectivity index (χ3n) is 9.78. The molecule has 55 heavy (non-hydrogen) atoms. The predicted octanol–water partition coefficient (Wildman–Crippen LogP) is 12.6. The topological polar surface area (TPSA) is 33.5 Å². The Kier molecular flexibility index (Phi) is 8.13. The van der Waals surface area contributed by atoms with Gasteiger partial charge < -0.3 is 19.1 Å². The summed E-state index contributed by atoms with van der Waals surface area (Å²) < 4.78 is 33.8. The number of hydrogen-bond donors (Lipinski definition) is 0. The van der Waals surface area contributed by atoms with Crippen LogP contribution in [0.15, 0.2) is 176 Å². The van der Waals surface area contributed by atoms with Crippen LogP contribution in [-0.2, 0) is 21.1 Å². The van der Waals surface area contributed by atoms with Gasteiger partial charge in [-0.25, -0.2) is 4.98 Å². The van der Waals surface area contributed by atoms with E-state index >= 15 is 0 Å².